The molecule has 1 fully saturated rings. The zero-order chi connectivity index (χ0) is 13.3. The van der Waals surface area contributed by atoms with Gasteiger partial charge in [-0.05, 0) is 33.6 Å². The summed E-state index contributed by atoms with van der Waals surface area (Å²) in [4.78, 5) is 0. The Bertz CT molecular complexity index is 389. The molecule has 0 aromatic rings. The molecule has 0 amide bonds. The Kier molecular flexibility index (Phi) is 3.88. The summed E-state index contributed by atoms with van der Waals surface area (Å²) in [6.45, 7) is 4.93. The highest BCUT2D eigenvalue weighted by atomic mass is 32.2. The van der Waals surface area contributed by atoms with Crippen LogP contribution < -0.4 is 10.5 Å². The molecule has 0 heterocycles. The lowest BCUT2D eigenvalue weighted by atomic mass is 9.82. The molecule has 100 valence electrons. The summed E-state index contributed by atoms with van der Waals surface area (Å²) < 4.78 is 26.1. The fourth-order valence-electron chi connectivity index (χ4n) is 1.99. The molecular formula is C11H23N3O2S. The van der Waals surface area contributed by atoms with Crippen molar-refractivity contribution in [2.45, 2.75) is 63.2 Å². The maximum absolute atomic E-state index is 12.2. The fourth-order valence-corrected chi connectivity index (χ4v) is 3.13. The van der Waals surface area contributed by atoms with E-state index in [2.05, 4.69) is 4.72 Å². The van der Waals surface area contributed by atoms with E-state index in [-0.39, 0.29) is 5.84 Å². The molecule has 0 unspecified atom stereocenters. The molecule has 0 aliphatic heterocycles. The Labute approximate surface area is 104 Å². The van der Waals surface area contributed by atoms with Crippen LogP contribution in [0.3, 0.4) is 0 Å². The van der Waals surface area contributed by atoms with Gasteiger partial charge in [-0.2, -0.15) is 0 Å². The predicted molar refractivity (Wildman–Crippen MR) is 69.5 cm³/mol. The van der Waals surface area contributed by atoms with E-state index in [1.54, 1.807) is 20.8 Å². The highest BCUT2D eigenvalue weighted by Crippen LogP contribution is 2.30. The number of amidine groups is 1. The van der Waals surface area contributed by atoms with Crippen molar-refractivity contribution < 1.29 is 8.42 Å². The van der Waals surface area contributed by atoms with Crippen LogP contribution >= 0.6 is 0 Å². The van der Waals surface area contributed by atoms with E-state index < -0.39 is 20.3 Å². The molecule has 0 spiro atoms. The Morgan fingerprint density at radius 2 is 1.71 bits per heavy atom. The monoisotopic (exact) mass is 261 g/mol. The first-order valence-electron chi connectivity index (χ1n) is 5.99. The number of nitrogens with one attached hydrogen (secondary N) is 2. The highest BCUT2D eigenvalue weighted by Gasteiger charge is 2.42. The van der Waals surface area contributed by atoms with Crippen LogP contribution in [0.25, 0.3) is 0 Å². The summed E-state index contributed by atoms with van der Waals surface area (Å²) in [5, 5.41) is 7.67. The normalized spacial score (nSPS) is 21.1. The molecule has 1 rings (SSSR count). The van der Waals surface area contributed by atoms with Gasteiger partial charge >= 0.3 is 0 Å². The Morgan fingerprint density at radius 1 is 1.24 bits per heavy atom. The summed E-state index contributed by atoms with van der Waals surface area (Å²) in [6.07, 6.45) is 4.14. The van der Waals surface area contributed by atoms with E-state index in [9.17, 15) is 8.42 Å². The molecule has 0 bridgehead atoms. The molecular weight excluding hydrogens is 238 g/mol. The average Bonchev–Trinajstić information content (AvgIpc) is 2.16. The third-order valence-corrected chi connectivity index (χ3v) is 5.63. The topological polar surface area (TPSA) is 96.0 Å². The summed E-state index contributed by atoms with van der Waals surface area (Å²) in [5.74, 6) is -0.0648. The molecule has 5 nitrogen and oxygen atoms in total. The lowest BCUT2D eigenvalue weighted by Gasteiger charge is -2.38. The molecule has 6 heteroatoms. The first kappa shape index (κ1) is 14.4. The van der Waals surface area contributed by atoms with Gasteiger partial charge in [0.2, 0.25) is 10.0 Å². The second-order valence-corrected chi connectivity index (χ2v) is 8.21. The van der Waals surface area contributed by atoms with E-state index in [1.165, 1.54) is 0 Å². The van der Waals surface area contributed by atoms with Crippen LogP contribution in [0.1, 0.15) is 52.9 Å². The van der Waals surface area contributed by atoms with Crippen molar-refractivity contribution in [3.8, 4) is 0 Å². The molecule has 1 aliphatic rings. The van der Waals surface area contributed by atoms with Crippen molar-refractivity contribution in [3.63, 3.8) is 0 Å². The van der Waals surface area contributed by atoms with Crippen LogP contribution in [0.15, 0.2) is 0 Å². The van der Waals surface area contributed by atoms with Crippen LogP contribution in [-0.2, 0) is 10.0 Å². The van der Waals surface area contributed by atoms with Gasteiger partial charge in [0.25, 0.3) is 0 Å². The van der Waals surface area contributed by atoms with Gasteiger partial charge in [0.05, 0.1) is 10.3 Å². The average molecular weight is 261 g/mol. The Hall–Kier alpha value is -0.620. The number of sulfonamides is 1. The van der Waals surface area contributed by atoms with E-state index in [0.717, 1.165) is 19.3 Å². The number of rotatable bonds is 3. The van der Waals surface area contributed by atoms with Gasteiger partial charge in [0.1, 0.15) is 5.84 Å². The fraction of sp³-hybridized carbons (Fsp3) is 0.909. The van der Waals surface area contributed by atoms with Gasteiger partial charge in [0, 0.05) is 0 Å². The maximum atomic E-state index is 12.2. The van der Waals surface area contributed by atoms with Crippen molar-refractivity contribution in [2.24, 2.45) is 5.73 Å². The standard InChI is InChI=1S/C11H23N3O2S/c1-10(2,3)17(15,16)14-11(9(12)13)7-5-4-6-8-11/h14H,4-8H2,1-3H3,(H3,12,13). The molecule has 0 atom stereocenters. The first-order chi connectivity index (χ1) is 7.61. The number of nitrogens with two attached hydrogens (primary N) is 1. The van der Waals surface area contributed by atoms with Gasteiger partial charge < -0.3 is 5.73 Å². The number of hydrogen-bond donors (Lipinski definition) is 3. The second kappa shape index (κ2) is 4.57. The summed E-state index contributed by atoms with van der Waals surface area (Å²) in [5.41, 5.74) is 4.75. The van der Waals surface area contributed by atoms with Gasteiger partial charge in [0.15, 0.2) is 0 Å². The Morgan fingerprint density at radius 3 is 2.06 bits per heavy atom. The molecule has 0 aromatic carbocycles. The minimum atomic E-state index is -3.47. The van der Waals surface area contributed by atoms with Gasteiger partial charge in [-0.3, -0.25) is 5.41 Å². The van der Waals surface area contributed by atoms with Crippen LogP contribution in [0.2, 0.25) is 0 Å². The Balaban J connectivity index is 3.00. The molecule has 4 N–H and O–H groups in total. The lowest BCUT2D eigenvalue weighted by Crippen LogP contribution is -2.60. The van der Waals surface area contributed by atoms with Gasteiger partial charge in [-0.15, -0.1) is 0 Å². The van der Waals surface area contributed by atoms with Crippen molar-refractivity contribution in [2.75, 3.05) is 0 Å². The van der Waals surface area contributed by atoms with Crippen LogP contribution in [0, 0.1) is 5.41 Å². The smallest absolute Gasteiger partial charge is 0.217 e. The largest absolute Gasteiger partial charge is 0.386 e. The molecule has 0 aromatic heterocycles. The molecule has 17 heavy (non-hydrogen) atoms. The van der Waals surface area contributed by atoms with E-state index >= 15 is 0 Å². The third kappa shape index (κ3) is 2.98. The zero-order valence-corrected chi connectivity index (χ0v) is 11.7. The van der Waals surface area contributed by atoms with Gasteiger partial charge in [-0.1, -0.05) is 19.3 Å². The van der Waals surface area contributed by atoms with Crippen LogP contribution in [-0.4, -0.2) is 24.5 Å². The summed E-state index contributed by atoms with van der Waals surface area (Å²) >= 11 is 0. The second-order valence-electron chi connectivity index (χ2n) is 5.77. The molecule has 1 saturated carbocycles. The quantitative estimate of drug-likeness (QED) is 0.528. The van der Waals surface area contributed by atoms with Gasteiger partial charge in [-0.25, -0.2) is 13.1 Å². The summed E-state index contributed by atoms with van der Waals surface area (Å²) in [7, 11) is -3.47. The van der Waals surface area contributed by atoms with Crippen LogP contribution in [0.5, 0.6) is 0 Å². The SMILES string of the molecule is CC(C)(C)S(=O)(=O)NC1(C(=N)N)CCCCC1. The predicted octanol–water partition coefficient (Wildman–Crippen LogP) is 1.34. The zero-order valence-electron chi connectivity index (χ0n) is 10.8. The minimum absolute atomic E-state index is 0.0648. The highest BCUT2D eigenvalue weighted by molar-refractivity contribution is 7.90. The minimum Gasteiger partial charge on any atom is -0.386 e. The van der Waals surface area contributed by atoms with Crippen molar-refractivity contribution in [3.05, 3.63) is 0 Å². The van der Waals surface area contributed by atoms with E-state index in [1.807, 2.05) is 0 Å². The van der Waals surface area contributed by atoms with Crippen molar-refractivity contribution in [1.82, 2.24) is 4.72 Å². The first-order valence-corrected chi connectivity index (χ1v) is 7.47. The van der Waals surface area contributed by atoms with Crippen molar-refractivity contribution >= 4 is 15.9 Å². The third-order valence-electron chi connectivity index (χ3n) is 3.36. The van der Waals surface area contributed by atoms with E-state index in [0.29, 0.717) is 12.8 Å². The maximum Gasteiger partial charge on any atom is 0.217 e. The van der Waals surface area contributed by atoms with E-state index in [4.69, 9.17) is 11.1 Å². The number of hydrogen-bond acceptors (Lipinski definition) is 3. The molecule has 0 saturated heterocycles. The van der Waals surface area contributed by atoms with Crippen LogP contribution in [0.4, 0.5) is 0 Å². The lowest BCUT2D eigenvalue weighted by molar-refractivity contribution is 0.345. The summed E-state index contributed by atoms with van der Waals surface area (Å²) in [6, 6.07) is 0. The molecule has 0 radical (unpaired) electrons. The molecule has 1 aliphatic carbocycles. The van der Waals surface area contributed by atoms with Crippen molar-refractivity contribution in [1.29, 1.82) is 5.41 Å².